The molecule has 2 fully saturated rings. The van der Waals surface area contributed by atoms with Crippen LogP contribution in [0.5, 0.6) is 0 Å². The van der Waals surface area contributed by atoms with Gasteiger partial charge in [0.1, 0.15) is 0 Å². The van der Waals surface area contributed by atoms with Crippen molar-refractivity contribution in [1.82, 2.24) is 14.8 Å². The van der Waals surface area contributed by atoms with Crippen LogP contribution in [0.2, 0.25) is 0 Å². The van der Waals surface area contributed by atoms with Gasteiger partial charge in [0, 0.05) is 30.4 Å². The molecule has 2 aromatic carbocycles. The first kappa shape index (κ1) is 22.3. The highest BCUT2D eigenvalue weighted by molar-refractivity contribution is 5.87. The number of hydrogen-bond donors (Lipinski definition) is 1. The zero-order valence-corrected chi connectivity index (χ0v) is 19.3. The summed E-state index contributed by atoms with van der Waals surface area (Å²) in [5.41, 5.74) is 5.36. The normalized spacial score (nSPS) is 22.1. The van der Waals surface area contributed by atoms with Crippen molar-refractivity contribution in [2.75, 3.05) is 19.7 Å². The minimum Gasteiger partial charge on any atom is -0.394 e. The van der Waals surface area contributed by atoms with Crippen LogP contribution in [-0.4, -0.2) is 63.5 Å². The number of rotatable bonds is 5. The minimum absolute atomic E-state index is 0.0119. The predicted octanol–water partition coefficient (Wildman–Crippen LogP) is 3.19. The molecule has 34 heavy (non-hydrogen) atoms. The molecule has 2 saturated heterocycles. The number of aromatic nitrogens is 1. The van der Waals surface area contributed by atoms with E-state index in [-0.39, 0.29) is 49.4 Å². The van der Waals surface area contributed by atoms with Crippen LogP contribution in [0.3, 0.4) is 0 Å². The number of hydrogen-bond acceptors (Lipinski definition) is 4. The molecule has 0 saturated carbocycles. The summed E-state index contributed by atoms with van der Waals surface area (Å²) in [6.45, 7) is 2.57. The van der Waals surface area contributed by atoms with Crippen LogP contribution < -0.4 is 0 Å². The summed E-state index contributed by atoms with van der Waals surface area (Å²) < 4.78 is 0. The number of amides is 2. The number of nitrogens with zero attached hydrogens (tertiary/aromatic N) is 3. The molecule has 3 heterocycles. The van der Waals surface area contributed by atoms with Crippen molar-refractivity contribution in [3.63, 3.8) is 0 Å². The topological polar surface area (TPSA) is 73.7 Å². The largest absolute Gasteiger partial charge is 0.394 e. The number of aryl methyl sites for hydroxylation is 1. The van der Waals surface area contributed by atoms with E-state index in [0.717, 1.165) is 11.1 Å². The molecule has 0 unspecified atom stereocenters. The maximum atomic E-state index is 13.1. The lowest BCUT2D eigenvalue weighted by Crippen LogP contribution is -2.65. The van der Waals surface area contributed by atoms with Gasteiger partial charge >= 0.3 is 0 Å². The van der Waals surface area contributed by atoms with Gasteiger partial charge in [-0.15, -0.1) is 0 Å². The first-order valence-electron chi connectivity index (χ1n) is 11.8. The lowest BCUT2D eigenvalue weighted by Gasteiger charge is -2.54. The Kier molecular flexibility index (Phi) is 6.16. The molecule has 0 bridgehead atoms. The Morgan fingerprint density at radius 3 is 2.59 bits per heavy atom. The van der Waals surface area contributed by atoms with E-state index in [1.165, 1.54) is 11.1 Å². The number of benzene rings is 2. The van der Waals surface area contributed by atoms with Crippen LogP contribution >= 0.6 is 0 Å². The van der Waals surface area contributed by atoms with Gasteiger partial charge in [-0.2, -0.15) is 0 Å². The van der Waals surface area contributed by atoms with E-state index < -0.39 is 0 Å². The number of carbonyl (C=O) groups is 2. The molecule has 2 aliphatic heterocycles. The van der Waals surface area contributed by atoms with Gasteiger partial charge < -0.3 is 14.9 Å². The Labute approximate surface area is 199 Å². The third-order valence-electron chi connectivity index (χ3n) is 7.10. The Hall–Kier alpha value is -3.51. The van der Waals surface area contributed by atoms with Gasteiger partial charge in [-0.25, -0.2) is 0 Å². The number of aliphatic hydroxyl groups excluding tert-OH is 1. The van der Waals surface area contributed by atoms with E-state index in [4.69, 9.17) is 0 Å². The van der Waals surface area contributed by atoms with E-state index >= 15 is 0 Å². The van der Waals surface area contributed by atoms with Crippen molar-refractivity contribution < 1.29 is 14.7 Å². The van der Waals surface area contributed by atoms with E-state index in [1.807, 2.05) is 18.2 Å². The lowest BCUT2D eigenvalue weighted by molar-refractivity contribution is -0.150. The Balaban J connectivity index is 1.32. The van der Waals surface area contributed by atoms with Crippen LogP contribution in [0, 0.1) is 6.92 Å². The van der Waals surface area contributed by atoms with Gasteiger partial charge in [0.15, 0.2) is 0 Å². The fraction of sp³-hybridized carbons (Fsp3) is 0.321. The van der Waals surface area contributed by atoms with Gasteiger partial charge in [-0.05, 0) is 42.2 Å². The Bertz CT molecular complexity index is 1180. The zero-order valence-electron chi connectivity index (χ0n) is 19.3. The molecule has 3 atom stereocenters. The van der Waals surface area contributed by atoms with E-state index in [0.29, 0.717) is 18.7 Å². The highest BCUT2D eigenvalue weighted by Crippen LogP contribution is 2.43. The lowest BCUT2D eigenvalue weighted by atomic mass is 9.73. The Morgan fingerprint density at radius 1 is 1.06 bits per heavy atom. The second-order valence-electron chi connectivity index (χ2n) is 9.24. The third-order valence-corrected chi connectivity index (χ3v) is 7.10. The first-order valence-corrected chi connectivity index (χ1v) is 11.8. The molecule has 5 rings (SSSR count). The highest BCUT2D eigenvalue weighted by atomic mass is 16.3. The van der Waals surface area contributed by atoms with Crippen LogP contribution in [0.15, 0.2) is 72.9 Å². The summed E-state index contributed by atoms with van der Waals surface area (Å²) in [5, 5.41) is 10.1. The van der Waals surface area contributed by atoms with E-state index in [2.05, 4.69) is 60.4 Å². The zero-order chi connectivity index (χ0) is 23.7. The van der Waals surface area contributed by atoms with Gasteiger partial charge in [0.05, 0.1) is 25.6 Å². The SMILES string of the molecule is Cc1cccc(-c2ccc([C@@H]3[C@@H](CO)N4C(=O)CN(C(=O)Cc5ccccn5)CC[C@@H]34)cc2)c1. The first-order chi connectivity index (χ1) is 16.5. The molecule has 0 radical (unpaired) electrons. The minimum atomic E-state index is -0.256. The average molecular weight is 456 g/mol. The maximum absolute atomic E-state index is 13.1. The quantitative estimate of drug-likeness (QED) is 0.641. The van der Waals surface area contributed by atoms with Crippen molar-refractivity contribution in [3.05, 3.63) is 89.7 Å². The molecule has 2 aliphatic rings. The molecule has 1 aromatic heterocycles. The summed E-state index contributed by atoms with van der Waals surface area (Å²) in [5.74, 6) is -0.121. The fourth-order valence-electron chi connectivity index (χ4n) is 5.40. The number of carbonyl (C=O) groups excluding carboxylic acids is 2. The van der Waals surface area contributed by atoms with Crippen molar-refractivity contribution >= 4 is 11.8 Å². The Morgan fingerprint density at radius 2 is 1.88 bits per heavy atom. The predicted molar refractivity (Wildman–Crippen MR) is 130 cm³/mol. The molecular weight excluding hydrogens is 426 g/mol. The fourth-order valence-corrected chi connectivity index (χ4v) is 5.40. The van der Waals surface area contributed by atoms with E-state index in [9.17, 15) is 14.7 Å². The van der Waals surface area contributed by atoms with E-state index in [1.54, 1.807) is 16.0 Å². The van der Waals surface area contributed by atoms with Crippen LogP contribution in [0.25, 0.3) is 11.1 Å². The summed E-state index contributed by atoms with van der Waals surface area (Å²) in [7, 11) is 0. The number of pyridine rings is 1. The monoisotopic (exact) mass is 455 g/mol. The molecule has 3 aromatic rings. The summed E-state index contributed by atoms with van der Waals surface area (Å²) in [6, 6.07) is 22.1. The second-order valence-corrected chi connectivity index (χ2v) is 9.24. The smallest absolute Gasteiger partial charge is 0.242 e. The number of fused-ring (bicyclic) bond motifs is 1. The number of aliphatic hydroxyl groups is 1. The van der Waals surface area contributed by atoms with Crippen molar-refractivity contribution in [2.45, 2.75) is 37.8 Å². The molecule has 0 aliphatic carbocycles. The molecule has 2 amide bonds. The molecule has 6 heteroatoms. The van der Waals surface area contributed by atoms with Crippen molar-refractivity contribution in [1.29, 1.82) is 0 Å². The van der Waals surface area contributed by atoms with Crippen LogP contribution in [-0.2, 0) is 16.0 Å². The maximum Gasteiger partial charge on any atom is 0.242 e. The summed E-state index contributed by atoms with van der Waals surface area (Å²) >= 11 is 0. The van der Waals surface area contributed by atoms with Crippen LogP contribution in [0.4, 0.5) is 0 Å². The van der Waals surface area contributed by atoms with Gasteiger partial charge in [0.2, 0.25) is 11.8 Å². The van der Waals surface area contributed by atoms with Crippen molar-refractivity contribution in [2.24, 2.45) is 0 Å². The second kappa shape index (κ2) is 9.39. The molecule has 174 valence electrons. The standard InChI is InChI=1S/C28H29N3O3/c1-19-5-4-6-22(15-19)20-8-10-21(11-9-20)28-24-12-14-30(17-27(34)31(24)25(28)18-32)26(33)16-23-7-2-3-13-29-23/h2-11,13,15,24-25,28,32H,12,14,16-18H2,1H3/t24-,25+,28-/m0/s1. The highest BCUT2D eigenvalue weighted by Gasteiger charge is 2.52. The average Bonchev–Trinajstić information content (AvgIpc) is 2.97. The molecular formula is C28H29N3O3. The molecule has 1 N–H and O–H groups in total. The van der Waals surface area contributed by atoms with Gasteiger partial charge in [-0.1, -0.05) is 60.2 Å². The molecule has 0 spiro atoms. The van der Waals surface area contributed by atoms with Crippen molar-refractivity contribution in [3.8, 4) is 11.1 Å². The van der Waals surface area contributed by atoms with Gasteiger partial charge in [0.25, 0.3) is 0 Å². The third kappa shape index (κ3) is 4.21. The van der Waals surface area contributed by atoms with Crippen LogP contribution in [0.1, 0.15) is 29.2 Å². The van der Waals surface area contributed by atoms with Gasteiger partial charge in [-0.3, -0.25) is 14.6 Å². The molecule has 6 nitrogen and oxygen atoms in total. The summed E-state index contributed by atoms with van der Waals surface area (Å²) in [4.78, 5) is 33.6. The summed E-state index contributed by atoms with van der Waals surface area (Å²) in [6.07, 6.45) is 2.55.